The molecule has 0 unspecified atom stereocenters. The van der Waals surface area contributed by atoms with Crippen molar-refractivity contribution in [2.75, 3.05) is 13.7 Å². The molecule has 0 aliphatic heterocycles. The lowest BCUT2D eigenvalue weighted by atomic mass is 10.1. The Kier molecular flexibility index (Phi) is 4.80. The predicted molar refractivity (Wildman–Crippen MR) is 73.6 cm³/mol. The molecule has 4 nitrogen and oxygen atoms in total. The first-order valence-electron chi connectivity index (χ1n) is 6.45. The Balaban J connectivity index is 2.11. The highest BCUT2D eigenvalue weighted by Crippen LogP contribution is 2.24. The van der Waals surface area contributed by atoms with Crippen LogP contribution < -0.4 is 0 Å². The number of hydrogen-bond donors (Lipinski definition) is 0. The summed E-state index contributed by atoms with van der Waals surface area (Å²) in [6.07, 6.45) is 0.701. The maximum absolute atomic E-state index is 12.6. The molecule has 0 fully saturated rings. The minimum Gasteiger partial charge on any atom is -0.377 e. The van der Waals surface area contributed by atoms with Crippen LogP contribution in [0.4, 0.5) is 8.78 Å². The van der Waals surface area contributed by atoms with Crippen molar-refractivity contribution in [3.63, 3.8) is 0 Å². The molecule has 0 bridgehead atoms. The van der Waals surface area contributed by atoms with Crippen LogP contribution in [0.25, 0.3) is 10.8 Å². The summed E-state index contributed by atoms with van der Waals surface area (Å²) in [6.45, 7) is -0.0152. The Hall–Kier alpha value is -2.08. The highest BCUT2D eigenvalue weighted by atomic mass is 19.3. The van der Waals surface area contributed by atoms with Crippen molar-refractivity contribution >= 4 is 22.5 Å². The molecule has 0 saturated heterocycles. The number of carbonyl (C=O) groups excluding carboxylic acids is 2. The van der Waals surface area contributed by atoms with Crippen LogP contribution >= 0.6 is 0 Å². The number of carbonyl (C=O) groups is 2. The fourth-order valence-corrected chi connectivity index (χ4v) is 2.05. The van der Waals surface area contributed by atoms with E-state index in [1.54, 1.807) is 12.3 Å². The van der Waals surface area contributed by atoms with E-state index < -0.39 is 6.43 Å². The molecule has 21 heavy (non-hydrogen) atoms. The van der Waals surface area contributed by atoms with Crippen molar-refractivity contribution in [3.05, 3.63) is 36.2 Å². The molecule has 0 N–H and O–H groups in total. The van der Waals surface area contributed by atoms with Gasteiger partial charge in [-0.25, -0.2) is 8.78 Å². The summed E-state index contributed by atoms with van der Waals surface area (Å²) in [4.78, 5) is 23.3. The summed E-state index contributed by atoms with van der Waals surface area (Å²) in [5.41, 5.74) is -0.0806. The number of ketones is 1. The average molecular weight is 295 g/mol. The van der Waals surface area contributed by atoms with Crippen LogP contribution in [-0.4, -0.2) is 30.0 Å². The van der Waals surface area contributed by atoms with Crippen LogP contribution in [0.3, 0.4) is 0 Å². The molecule has 1 heterocycles. The third-order valence-corrected chi connectivity index (χ3v) is 3.13. The first kappa shape index (κ1) is 15.3. The number of aromatic nitrogens is 1. The van der Waals surface area contributed by atoms with Gasteiger partial charge in [0, 0.05) is 43.3 Å². The second-order valence-electron chi connectivity index (χ2n) is 4.72. The Labute approximate surface area is 120 Å². The van der Waals surface area contributed by atoms with E-state index in [-0.39, 0.29) is 36.7 Å². The van der Waals surface area contributed by atoms with Crippen molar-refractivity contribution in [1.29, 1.82) is 0 Å². The number of alkyl halides is 2. The van der Waals surface area contributed by atoms with Crippen molar-refractivity contribution < 1.29 is 23.1 Å². The molecule has 0 radical (unpaired) electrons. The smallest absolute Gasteiger partial charge is 0.263 e. The number of hydrogen-bond acceptors (Lipinski definition) is 3. The number of nitrogens with zero attached hydrogens (tertiary/aromatic N) is 1. The van der Waals surface area contributed by atoms with E-state index >= 15 is 0 Å². The second kappa shape index (κ2) is 6.58. The fourth-order valence-electron chi connectivity index (χ4n) is 2.05. The monoisotopic (exact) mass is 295 g/mol. The number of methoxy groups -OCH3 is 1. The van der Waals surface area contributed by atoms with E-state index in [2.05, 4.69) is 4.74 Å². The SMILES string of the molecule is COCC(=O)CCC(=O)n1cc2ccc(C(F)F)cc2c1. The lowest BCUT2D eigenvalue weighted by Crippen LogP contribution is -2.13. The molecule has 1 aromatic heterocycles. The van der Waals surface area contributed by atoms with Crippen molar-refractivity contribution in [2.24, 2.45) is 0 Å². The lowest BCUT2D eigenvalue weighted by Gasteiger charge is -2.01. The van der Waals surface area contributed by atoms with E-state index in [1.165, 1.54) is 30.0 Å². The van der Waals surface area contributed by atoms with Crippen LogP contribution in [0.5, 0.6) is 0 Å². The molecule has 112 valence electrons. The van der Waals surface area contributed by atoms with E-state index in [0.717, 1.165) is 0 Å². The molecule has 0 atom stereocenters. The quantitative estimate of drug-likeness (QED) is 0.822. The first-order valence-corrected chi connectivity index (χ1v) is 6.45. The standard InChI is InChI=1S/C15H15F2NO3/c1-21-9-13(19)4-5-14(20)18-7-11-3-2-10(15(16)17)6-12(11)8-18/h2-3,6-8,15H,4-5,9H2,1H3. The van der Waals surface area contributed by atoms with Gasteiger partial charge in [-0.3, -0.25) is 14.2 Å². The number of halogens is 2. The molecule has 0 aliphatic carbocycles. The summed E-state index contributed by atoms with van der Waals surface area (Å²) in [6, 6.07) is 4.25. The lowest BCUT2D eigenvalue weighted by molar-refractivity contribution is -0.122. The van der Waals surface area contributed by atoms with Gasteiger partial charge in [0.2, 0.25) is 5.91 Å². The van der Waals surface area contributed by atoms with E-state index in [9.17, 15) is 18.4 Å². The summed E-state index contributed by atoms with van der Waals surface area (Å²) in [5, 5.41) is 1.28. The van der Waals surface area contributed by atoms with Gasteiger partial charge in [0.1, 0.15) is 6.61 Å². The fraction of sp³-hybridized carbons (Fsp3) is 0.333. The van der Waals surface area contributed by atoms with Crippen LogP contribution in [-0.2, 0) is 9.53 Å². The Bertz CT molecular complexity index is 664. The number of fused-ring (bicyclic) bond motifs is 1. The normalized spacial score (nSPS) is 11.2. The molecular formula is C15H15F2NO3. The largest absolute Gasteiger partial charge is 0.377 e. The maximum Gasteiger partial charge on any atom is 0.263 e. The van der Waals surface area contributed by atoms with Gasteiger partial charge in [0.25, 0.3) is 6.43 Å². The van der Waals surface area contributed by atoms with Gasteiger partial charge in [0.15, 0.2) is 5.78 Å². The third-order valence-electron chi connectivity index (χ3n) is 3.13. The molecule has 2 rings (SSSR count). The van der Waals surface area contributed by atoms with Crippen LogP contribution in [0, 0.1) is 0 Å². The van der Waals surface area contributed by atoms with Crippen molar-refractivity contribution in [2.45, 2.75) is 19.3 Å². The molecule has 0 spiro atoms. The van der Waals surface area contributed by atoms with Crippen molar-refractivity contribution in [1.82, 2.24) is 4.57 Å². The zero-order valence-corrected chi connectivity index (χ0v) is 11.5. The summed E-state index contributed by atoms with van der Waals surface area (Å²) in [5.74, 6) is -0.406. The predicted octanol–water partition coefficient (Wildman–Crippen LogP) is 3.21. The first-order chi connectivity index (χ1) is 10.0. The highest BCUT2D eigenvalue weighted by Gasteiger charge is 2.12. The molecule has 0 amide bonds. The summed E-state index contributed by atoms with van der Waals surface area (Å²) < 4.78 is 31.3. The Morgan fingerprint density at radius 3 is 2.57 bits per heavy atom. The maximum atomic E-state index is 12.6. The Morgan fingerprint density at radius 2 is 1.90 bits per heavy atom. The van der Waals surface area contributed by atoms with Gasteiger partial charge in [-0.15, -0.1) is 0 Å². The van der Waals surface area contributed by atoms with Gasteiger partial charge in [-0.1, -0.05) is 12.1 Å². The summed E-state index contributed by atoms with van der Waals surface area (Å²) >= 11 is 0. The second-order valence-corrected chi connectivity index (χ2v) is 4.72. The minimum atomic E-state index is -2.54. The minimum absolute atomic E-state index is 0.0152. The van der Waals surface area contributed by atoms with E-state index in [4.69, 9.17) is 0 Å². The topological polar surface area (TPSA) is 48.3 Å². The van der Waals surface area contributed by atoms with Gasteiger partial charge in [-0.2, -0.15) is 0 Å². The number of ether oxygens (including phenoxy) is 1. The number of Topliss-reactive ketones (excluding diaryl/α,β-unsaturated/α-hetero) is 1. The zero-order chi connectivity index (χ0) is 15.4. The van der Waals surface area contributed by atoms with Crippen LogP contribution in [0.15, 0.2) is 30.6 Å². The Morgan fingerprint density at radius 1 is 1.19 bits per heavy atom. The van der Waals surface area contributed by atoms with Gasteiger partial charge < -0.3 is 4.74 Å². The zero-order valence-electron chi connectivity index (χ0n) is 11.5. The van der Waals surface area contributed by atoms with Gasteiger partial charge in [-0.05, 0) is 11.5 Å². The van der Waals surface area contributed by atoms with Gasteiger partial charge in [0.05, 0.1) is 0 Å². The average Bonchev–Trinajstić information content (AvgIpc) is 2.87. The molecule has 0 saturated carbocycles. The molecule has 0 aliphatic rings. The highest BCUT2D eigenvalue weighted by molar-refractivity contribution is 5.91. The van der Waals surface area contributed by atoms with Crippen LogP contribution in [0.1, 0.15) is 29.6 Å². The number of benzene rings is 1. The van der Waals surface area contributed by atoms with E-state index in [0.29, 0.717) is 10.8 Å². The van der Waals surface area contributed by atoms with Crippen LogP contribution in [0.2, 0.25) is 0 Å². The molecular weight excluding hydrogens is 280 g/mol. The van der Waals surface area contributed by atoms with Gasteiger partial charge >= 0.3 is 0 Å². The van der Waals surface area contributed by atoms with E-state index in [1.807, 2.05) is 0 Å². The molecule has 2 aromatic rings. The molecule has 1 aromatic carbocycles. The van der Waals surface area contributed by atoms with Crippen molar-refractivity contribution in [3.8, 4) is 0 Å². The number of rotatable bonds is 6. The third kappa shape index (κ3) is 3.72. The summed E-state index contributed by atoms with van der Waals surface area (Å²) in [7, 11) is 1.42. The molecule has 6 heteroatoms.